The van der Waals surface area contributed by atoms with Crippen molar-refractivity contribution < 1.29 is 0 Å². The third kappa shape index (κ3) is 2.52. The van der Waals surface area contributed by atoms with Crippen LogP contribution in [0.25, 0.3) is 0 Å². The first-order chi connectivity index (χ1) is 7.68. The van der Waals surface area contributed by atoms with Crippen LogP contribution in [0, 0.1) is 6.92 Å². The van der Waals surface area contributed by atoms with Crippen molar-refractivity contribution in [2.45, 2.75) is 44.0 Å². The van der Waals surface area contributed by atoms with E-state index in [9.17, 15) is 0 Å². The van der Waals surface area contributed by atoms with Crippen LogP contribution in [0.5, 0.6) is 0 Å². The van der Waals surface area contributed by atoms with Gasteiger partial charge in [-0.05, 0) is 37.5 Å². The summed E-state index contributed by atoms with van der Waals surface area (Å²) >= 11 is 6.43. The van der Waals surface area contributed by atoms with Gasteiger partial charge in [-0.15, -0.1) is 11.6 Å². The Hall–Kier alpha value is -0.690. The molecule has 0 unspecified atom stereocenters. The monoisotopic (exact) mass is 237 g/mol. The van der Waals surface area contributed by atoms with Crippen LogP contribution < -0.4 is 4.90 Å². The molecule has 0 saturated heterocycles. The van der Waals surface area contributed by atoms with E-state index in [-0.39, 0.29) is 0 Å². The molecular formula is C14H20ClN. The van der Waals surface area contributed by atoms with Crippen molar-refractivity contribution in [3.63, 3.8) is 0 Å². The number of rotatable bonds is 2. The van der Waals surface area contributed by atoms with Crippen molar-refractivity contribution >= 4 is 17.3 Å². The predicted octanol–water partition coefficient (Wildman–Crippen LogP) is 3.98. The smallest absolute Gasteiger partial charge is 0.0539 e. The van der Waals surface area contributed by atoms with E-state index >= 15 is 0 Å². The van der Waals surface area contributed by atoms with Crippen LogP contribution in [0.1, 0.15) is 31.2 Å². The molecule has 0 radical (unpaired) electrons. The highest BCUT2D eigenvalue weighted by Crippen LogP contribution is 2.29. The molecule has 0 N–H and O–H groups in total. The SMILES string of the molecule is Cc1cccc(N(C)[C@H]2CCCC[C@@H]2Cl)c1. The molecule has 0 heterocycles. The second-order valence-electron chi connectivity index (χ2n) is 4.82. The molecule has 1 aromatic rings. The summed E-state index contributed by atoms with van der Waals surface area (Å²) < 4.78 is 0. The Balaban J connectivity index is 2.14. The third-order valence-electron chi connectivity index (χ3n) is 3.55. The summed E-state index contributed by atoms with van der Waals surface area (Å²) in [6.07, 6.45) is 4.97. The van der Waals surface area contributed by atoms with Crippen molar-refractivity contribution in [2.75, 3.05) is 11.9 Å². The molecule has 2 heteroatoms. The van der Waals surface area contributed by atoms with Gasteiger partial charge in [0.1, 0.15) is 0 Å². The predicted molar refractivity (Wildman–Crippen MR) is 71.5 cm³/mol. The summed E-state index contributed by atoms with van der Waals surface area (Å²) in [5.41, 5.74) is 2.60. The lowest BCUT2D eigenvalue weighted by atomic mass is 9.93. The van der Waals surface area contributed by atoms with Crippen LogP contribution in [0.3, 0.4) is 0 Å². The minimum atomic E-state index is 0.305. The topological polar surface area (TPSA) is 3.24 Å². The molecule has 0 aromatic heterocycles. The number of benzene rings is 1. The first kappa shape index (κ1) is 11.8. The van der Waals surface area contributed by atoms with Crippen LogP contribution in [-0.2, 0) is 0 Å². The van der Waals surface area contributed by atoms with Gasteiger partial charge in [-0.25, -0.2) is 0 Å². The fourth-order valence-corrected chi connectivity index (χ4v) is 2.99. The molecule has 0 spiro atoms. The van der Waals surface area contributed by atoms with Crippen LogP contribution in [0.15, 0.2) is 24.3 Å². The van der Waals surface area contributed by atoms with Crippen molar-refractivity contribution in [1.29, 1.82) is 0 Å². The Bertz CT molecular complexity index is 350. The molecule has 1 nitrogen and oxygen atoms in total. The van der Waals surface area contributed by atoms with Crippen molar-refractivity contribution in [3.05, 3.63) is 29.8 Å². The van der Waals surface area contributed by atoms with E-state index in [0.717, 1.165) is 6.42 Å². The molecule has 2 atom stereocenters. The third-order valence-corrected chi connectivity index (χ3v) is 4.06. The fraction of sp³-hybridized carbons (Fsp3) is 0.571. The van der Waals surface area contributed by atoms with Crippen molar-refractivity contribution in [3.8, 4) is 0 Å². The minimum Gasteiger partial charge on any atom is -0.370 e. The minimum absolute atomic E-state index is 0.305. The highest BCUT2D eigenvalue weighted by atomic mass is 35.5. The highest BCUT2D eigenvalue weighted by Gasteiger charge is 2.26. The lowest BCUT2D eigenvalue weighted by Gasteiger charge is -2.36. The number of hydrogen-bond acceptors (Lipinski definition) is 1. The number of anilines is 1. The summed E-state index contributed by atoms with van der Waals surface area (Å²) in [7, 11) is 2.17. The van der Waals surface area contributed by atoms with E-state index < -0.39 is 0 Å². The van der Waals surface area contributed by atoms with E-state index in [2.05, 4.69) is 43.1 Å². The maximum absolute atomic E-state index is 6.43. The zero-order valence-electron chi connectivity index (χ0n) is 10.1. The molecule has 2 rings (SSSR count). The Morgan fingerprint density at radius 1 is 1.25 bits per heavy atom. The zero-order valence-corrected chi connectivity index (χ0v) is 10.9. The Morgan fingerprint density at radius 3 is 2.69 bits per heavy atom. The highest BCUT2D eigenvalue weighted by molar-refractivity contribution is 6.21. The van der Waals surface area contributed by atoms with Crippen LogP contribution in [0.4, 0.5) is 5.69 Å². The van der Waals surface area contributed by atoms with Gasteiger partial charge in [-0.1, -0.05) is 25.0 Å². The van der Waals surface area contributed by atoms with Gasteiger partial charge in [0.05, 0.1) is 5.38 Å². The average molecular weight is 238 g/mol. The first-order valence-electron chi connectivity index (χ1n) is 6.12. The van der Waals surface area contributed by atoms with E-state index in [0.29, 0.717) is 11.4 Å². The molecule has 1 saturated carbocycles. The van der Waals surface area contributed by atoms with Gasteiger partial charge in [-0.3, -0.25) is 0 Å². The number of aryl methyl sites for hydroxylation is 1. The largest absolute Gasteiger partial charge is 0.370 e. The molecule has 0 amide bonds. The number of halogens is 1. The number of alkyl halides is 1. The second-order valence-corrected chi connectivity index (χ2v) is 5.38. The van der Waals surface area contributed by atoms with Crippen LogP contribution in [0.2, 0.25) is 0 Å². The van der Waals surface area contributed by atoms with Crippen LogP contribution in [-0.4, -0.2) is 18.5 Å². The van der Waals surface area contributed by atoms with Gasteiger partial charge in [0, 0.05) is 18.8 Å². The Morgan fingerprint density at radius 2 is 2.00 bits per heavy atom. The molecule has 1 aliphatic rings. The van der Waals surface area contributed by atoms with Gasteiger partial charge in [0.15, 0.2) is 0 Å². The van der Waals surface area contributed by atoms with Crippen molar-refractivity contribution in [1.82, 2.24) is 0 Å². The van der Waals surface area contributed by atoms with E-state index in [1.807, 2.05) is 0 Å². The molecule has 88 valence electrons. The van der Waals surface area contributed by atoms with E-state index in [1.165, 1.54) is 30.5 Å². The summed E-state index contributed by atoms with van der Waals surface area (Å²) in [5, 5.41) is 0.305. The van der Waals surface area contributed by atoms with Crippen molar-refractivity contribution in [2.24, 2.45) is 0 Å². The molecule has 1 aliphatic carbocycles. The average Bonchev–Trinajstić information content (AvgIpc) is 2.29. The quantitative estimate of drug-likeness (QED) is 0.704. The lowest BCUT2D eigenvalue weighted by Crippen LogP contribution is -2.40. The molecule has 16 heavy (non-hydrogen) atoms. The fourth-order valence-electron chi connectivity index (χ4n) is 2.54. The Labute approximate surface area is 103 Å². The first-order valence-corrected chi connectivity index (χ1v) is 6.55. The normalized spacial score (nSPS) is 25.4. The van der Waals surface area contributed by atoms with E-state index in [4.69, 9.17) is 11.6 Å². The van der Waals surface area contributed by atoms with Crippen LogP contribution >= 0.6 is 11.6 Å². The van der Waals surface area contributed by atoms with Gasteiger partial charge < -0.3 is 4.90 Å². The molecule has 1 aromatic carbocycles. The summed E-state index contributed by atoms with van der Waals surface area (Å²) in [6, 6.07) is 9.16. The Kier molecular flexibility index (Phi) is 3.75. The van der Waals surface area contributed by atoms with Gasteiger partial charge in [0.2, 0.25) is 0 Å². The molecular weight excluding hydrogens is 218 g/mol. The molecule has 0 bridgehead atoms. The zero-order chi connectivity index (χ0) is 11.5. The van der Waals surface area contributed by atoms with Gasteiger partial charge in [0.25, 0.3) is 0 Å². The summed E-state index contributed by atoms with van der Waals surface area (Å²) in [4.78, 5) is 2.35. The summed E-state index contributed by atoms with van der Waals surface area (Å²) in [6.45, 7) is 2.14. The van der Waals surface area contributed by atoms with Gasteiger partial charge in [-0.2, -0.15) is 0 Å². The summed E-state index contributed by atoms with van der Waals surface area (Å²) in [5.74, 6) is 0. The number of nitrogens with zero attached hydrogens (tertiary/aromatic N) is 1. The molecule has 1 fully saturated rings. The lowest BCUT2D eigenvalue weighted by molar-refractivity contribution is 0.434. The standard InChI is InChI=1S/C14H20ClN/c1-11-6-5-7-12(10-11)16(2)14-9-4-3-8-13(14)15/h5-7,10,13-14H,3-4,8-9H2,1-2H3/t13-,14-/m0/s1. The second kappa shape index (κ2) is 5.09. The maximum Gasteiger partial charge on any atom is 0.0539 e. The van der Waals surface area contributed by atoms with Gasteiger partial charge >= 0.3 is 0 Å². The van der Waals surface area contributed by atoms with E-state index in [1.54, 1.807) is 0 Å². The maximum atomic E-state index is 6.43. The number of hydrogen-bond donors (Lipinski definition) is 0. The molecule has 0 aliphatic heterocycles.